The fourth-order valence-electron chi connectivity index (χ4n) is 2.71. The van der Waals surface area contributed by atoms with E-state index in [1.807, 2.05) is 31.2 Å². The van der Waals surface area contributed by atoms with Gasteiger partial charge in [-0.15, -0.1) is 0 Å². The van der Waals surface area contributed by atoms with E-state index in [1.165, 1.54) is 0 Å². The minimum atomic E-state index is -0.447. The number of amides is 2. The van der Waals surface area contributed by atoms with Gasteiger partial charge >= 0.3 is 12.0 Å². The number of benzene rings is 1. The van der Waals surface area contributed by atoms with E-state index in [2.05, 4.69) is 10.3 Å². The van der Waals surface area contributed by atoms with Crippen LogP contribution in [0, 0.1) is 13.8 Å². The molecule has 26 heavy (non-hydrogen) atoms. The van der Waals surface area contributed by atoms with E-state index >= 15 is 0 Å². The lowest BCUT2D eigenvalue weighted by Gasteiger charge is -2.21. The number of pyridine rings is 1. The van der Waals surface area contributed by atoms with Crippen LogP contribution in [0.1, 0.15) is 41.2 Å². The lowest BCUT2D eigenvalue weighted by molar-refractivity contribution is 0.0525. The van der Waals surface area contributed by atoms with Crippen molar-refractivity contribution in [2.24, 2.45) is 0 Å². The summed E-state index contributed by atoms with van der Waals surface area (Å²) in [6.45, 7) is 7.61. The fourth-order valence-corrected chi connectivity index (χ4v) is 2.71. The quantitative estimate of drug-likeness (QED) is 0.820. The second-order valence-electron chi connectivity index (χ2n) is 5.95. The van der Waals surface area contributed by atoms with Gasteiger partial charge in [-0.25, -0.2) is 9.59 Å². The standard InChI is InChI=1S/C20H25N3O3/c1-6-15-10-8-9-11-18(15)23(5)20(25)22-17-12-16(19(24)26-7-2)13(3)21-14(17)4/h8-12H,6-7H2,1-5H3,(H,22,25). The first-order chi connectivity index (χ1) is 12.4. The second-order valence-corrected chi connectivity index (χ2v) is 5.95. The summed E-state index contributed by atoms with van der Waals surface area (Å²) < 4.78 is 5.05. The van der Waals surface area contributed by atoms with Gasteiger partial charge in [0, 0.05) is 12.7 Å². The molecule has 0 aliphatic heterocycles. The zero-order chi connectivity index (χ0) is 19.3. The SMILES string of the molecule is CCOC(=O)c1cc(NC(=O)N(C)c2ccccc2CC)c(C)nc1C. The van der Waals surface area contributed by atoms with Gasteiger partial charge in [-0.1, -0.05) is 25.1 Å². The maximum atomic E-state index is 12.7. The number of hydrogen-bond acceptors (Lipinski definition) is 4. The molecule has 2 amide bonds. The largest absolute Gasteiger partial charge is 0.462 e. The van der Waals surface area contributed by atoms with Crippen LogP contribution >= 0.6 is 0 Å². The third kappa shape index (κ3) is 4.20. The molecule has 0 spiro atoms. The van der Waals surface area contributed by atoms with Gasteiger partial charge in [0.1, 0.15) is 0 Å². The molecule has 1 aromatic carbocycles. The van der Waals surface area contributed by atoms with Crippen molar-refractivity contribution in [2.75, 3.05) is 23.9 Å². The molecule has 0 aliphatic rings. The number of aryl methyl sites for hydroxylation is 3. The molecule has 1 aromatic heterocycles. The molecule has 1 N–H and O–H groups in total. The number of rotatable bonds is 5. The Morgan fingerprint density at radius 1 is 1.15 bits per heavy atom. The molecule has 1 heterocycles. The number of carbonyl (C=O) groups is 2. The van der Waals surface area contributed by atoms with Crippen LogP contribution in [0.15, 0.2) is 30.3 Å². The van der Waals surface area contributed by atoms with Crippen LogP contribution in [-0.2, 0) is 11.2 Å². The van der Waals surface area contributed by atoms with E-state index in [9.17, 15) is 9.59 Å². The number of anilines is 2. The molecule has 6 nitrogen and oxygen atoms in total. The Bertz CT molecular complexity index is 818. The maximum Gasteiger partial charge on any atom is 0.340 e. The molecule has 0 unspecified atom stereocenters. The second kappa shape index (κ2) is 8.47. The smallest absolute Gasteiger partial charge is 0.340 e. The molecule has 0 fully saturated rings. The summed E-state index contributed by atoms with van der Waals surface area (Å²) in [4.78, 5) is 30.7. The Kier molecular flexibility index (Phi) is 6.33. The van der Waals surface area contributed by atoms with Crippen molar-refractivity contribution >= 4 is 23.4 Å². The van der Waals surface area contributed by atoms with Crippen LogP contribution in [0.5, 0.6) is 0 Å². The fraction of sp³-hybridized carbons (Fsp3) is 0.350. The number of nitrogens with one attached hydrogen (secondary N) is 1. The zero-order valence-electron chi connectivity index (χ0n) is 15.9. The van der Waals surface area contributed by atoms with Crippen LogP contribution in [0.4, 0.5) is 16.2 Å². The number of aromatic nitrogens is 1. The van der Waals surface area contributed by atoms with Crippen molar-refractivity contribution in [2.45, 2.75) is 34.1 Å². The minimum absolute atomic E-state index is 0.282. The van der Waals surface area contributed by atoms with Crippen molar-refractivity contribution in [3.8, 4) is 0 Å². The average molecular weight is 355 g/mol. The Labute approximate surface area is 154 Å². The molecule has 0 saturated heterocycles. The van der Waals surface area contributed by atoms with Gasteiger partial charge < -0.3 is 10.1 Å². The number of para-hydroxylation sites is 1. The lowest BCUT2D eigenvalue weighted by Crippen LogP contribution is -2.32. The van der Waals surface area contributed by atoms with Crippen molar-refractivity contribution in [3.63, 3.8) is 0 Å². The summed E-state index contributed by atoms with van der Waals surface area (Å²) in [6.07, 6.45) is 0.825. The van der Waals surface area contributed by atoms with E-state index in [4.69, 9.17) is 4.74 Å². The Morgan fingerprint density at radius 2 is 1.85 bits per heavy atom. The van der Waals surface area contributed by atoms with Crippen LogP contribution in [0.3, 0.4) is 0 Å². The number of urea groups is 1. The monoisotopic (exact) mass is 355 g/mol. The number of carbonyl (C=O) groups excluding carboxylic acids is 2. The van der Waals surface area contributed by atoms with Crippen LogP contribution in [-0.4, -0.2) is 30.6 Å². The first-order valence-electron chi connectivity index (χ1n) is 8.67. The average Bonchev–Trinajstić information content (AvgIpc) is 2.63. The summed E-state index contributed by atoms with van der Waals surface area (Å²) in [5.41, 5.74) is 3.98. The first-order valence-corrected chi connectivity index (χ1v) is 8.67. The molecule has 0 aliphatic carbocycles. The molecular weight excluding hydrogens is 330 g/mol. The number of ether oxygens (including phenoxy) is 1. The maximum absolute atomic E-state index is 12.7. The Morgan fingerprint density at radius 3 is 2.50 bits per heavy atom. The molecular formula is C20H25N3O3. The summed E-state index contributed by atoms with van der Waals surface area (Å²) in [6, 6.07) is 9.07. The molecule has 0 saturated carbocycles. The minimum Gasteiger partial charge on any atom is -0.462 e. The normalized spacial score (nSPS) is 10.3. The van der Waals surface area contributed by atoms with Gasteiger partial charge in [-0.3, -0.25) is 9.88 Å². The van der Waals surface area contributed by atoms with Gasteiger partial charge in [0.05, 0.1) is 29.2 Å². The molecule has 2 rings (SSSR count). The van der Waals surface area contributed by atoms with Gasteiger partial charge in [-0.2, -0.15) is 0 Å². The van der Waals surface area contributed by atoms with E-state index in [0.717, 1.165) is 17.7 Å². The van der Waals surface area contributed by atoms with E-state index in [1.54, 1.807) is 38.8 Å². The highest BCUT2D eigenvalue weighted by Gasteiger charge is 2.18. The highest BCUT2D eigenvalue weighted by Crippen LogP contribution is 2.23. The van der Waals surface area contributed by atoms with Crippen molar-refractivity contribution in [1.29, 1.82) is 0 Å². The third-order valence-electron chi connectivity index (χ3n) is 4.18. The van der Waals surface area contributed by atoms with Gasteiger partial charge in [0.25, 0.3) is 0 Å². The first kappa shape index (κ1) is 19.4. The van der Waals surface area contributed by atoms with Gasteiger partial charge in [0.2, 0.25) is 0 Å². The van der Waals surface area contributed by atoms with Crippen LogP contribution < -0.4 is 10.2 Å². The van der Waals surface area contributed by atoms with Gasteiger partial charge in [-0.05, 0) is 44.9 Å². The lowest BCUT2D eigenvalue weighted by atomic mass is 10.1. The van der Waals surface area contributed by atoms with Crippen LogP contribution in [0.2, 0.25) is 0 Å². The topological polar surface area (TPSA) is 71.5 Å². The highest BCUT2D eigenvalue weighted by atomic mass is 16.5. The number of esters is 1. The summed E-state index contributed by atoms with van der Waals surface area (Å²) in [7, 11) is 1.72. The molecule has 0 atom stereocenters. The van der Waals surface area contributed by atoms with Gasteiger partial charge in [0.15, 0.2) is 0 Å². The summed E-state index contributed by atoms with van der Waals surface area (Å²) >= 11 is 0. The molecule has 0 radical (unpaired) electrons. The predicted octanol–water partition coefficient (Wildman–Crippen LogP) is 4.11. The van der Waals surface area contributed by atoms with E-state index < -0.39 is 5.97 Å². The highest BCUT2D eigenvalue weighted by molar-refractivity contribution is 6.03. The Balaban J connectivity index is 2.28. The number of nitrogens with zero attached hydrogens (tertiary/aromatic N) is 2. The van der Waals surface area contributed by atoms with Crippen molar-refractivity contribution in [1.82, 2.24) is 4.98 Å². The summed E-state index contributed by atoms with van der Waals surface area (Å²) in [5, 5.41) is 2.84. The molecule has 2 aromatic rings. The zero-order valence-corrected chi connectivity index (χ0v) is 15.9. The Hall–Kier alpha value is -2.89. The molecule has 138 valence electrons. The molecule has 6 heteroatoms. The third-order valence-corrected chi connectivity index (χ3v) is 4.18. The van der Waals surface area contributed by atoms with Crippen LogP contribution in [0.25, 0.3) is 0 Å². The van der Waals surface area contributed by atoms with E-state index in [-0.39, 0.29) is 12.6 Å². The number of hydrogen-bond donors (Lipinski definition) is 1. The van der Waals surface area contributed by atoms with Crippen molar-refractivity contribution in [3.05, 3.63) is 52.8 Å². The molecule has 0 bridgehead atoms. The van der Waals surface area contributed by atoms with Crippen molar-refractivity contribution < 1.29 is 14.3 Å². The predicted molar refractivity (Wildman–Crippen MR) is 103 cm³/mol. The van der Waals surface area contributed by atoms with E-state index in [0.29, 0.717) is 22.6 Å². The summed E-state index contributed by atoms with van der Waals surface area (Å²) in [5.74, 6) is -0.447.